The normalized spacial score (nSPS) is 0. The van der Waals surface area contributed by atoms with E-state index in [1.165, 1.54) is 0 Å². The summed E-state index contributed by atoms with van der Waals surface area (Å²) in [6.07, 6.45) is 0. The van der Waals surface area contributed by atoms with E-state index in [0.29, 0.717) is 0 Å². The summed E-state index contributed by atoms with van der Waals surface area (Å²) >= 11 is 0. The maximum atomic E-state index is 0. The number of hydrogen-bond acceptors (Lipinski definition) is 0. The first-order chi connectivity index (χ1) is 0. The molecule has 0 saturated heterocycles. The van der Waals surface area contributed by atoms with Crippen LogP contribution in [-0.2, 0) is 54.6 Å². The van der Waals surface area contributed by atoms with Crippen LogP contribution in [0, 0.1) is 0 Å². The third-order valence-electron chi connectivity index (χ3n) is 0. The van der Waals surface area contributed by atoms with Gasteiger partial charge in [0.1, 0.15) is 0 Å². The molecule has 0 nitrogen and oxygen atoms in total. The average Bonchev–Trinajstić information content (AvgIpc) is 0. The Morgan fingerprint density at radius 1 is 1.00 bits per heavy atom. The second-order valence-electron chi connectivity index (χ2n) is 0. The fraction of sp³-hybridized carbons (Fsp3) is 0. The molecule has 0 saturated carbocycles. The fourth-order valence-corrected chi connectivity index (χ4v) is 0. The summed E-state index contributed by atoms with van der Waals surface area (Å²) in [5.74, 6) is 0. The fourth-order valence-electron chi connectivity index (χ4n) is 0. The van der Waals surface area contributed by atoms with Crippen molar-refractivity contribution in [3.63, 3.8) is 0 Å². The van der Waals surface area contributed by atoms with Crippen LogP contribution in [0.4, 0.5) is 0 Å². The Balaban J connectivity index is 0. The van der Waals surface area contributed by atoms with Gasteiger partial charge in [-0.25, -0.2) is 0 Å². The first kappa shape index (κ1) is 42.0. The zero-order valence-corrected chi connectivity index (χ0v) is 4.96. The summed E-state index contributed by atoms with van der Waals surface area (Å²) in [7, 11) is 0. The SMILES string of the molecule is B.[Cu].[Mo].[Ni]. The van der Waals surface area contributed by atoms with Gasteiger partial charge in [0.15, 0.2) is 0 Å². The van der Waals surface area contributed by atoms with Crippen molar-refractivity contribution in [2.24, 2.45) is 0 Å². The topological polar surface area (TPSA) is 0 Å². The van der Waals surface area contributed by atoms with E-state index >= 15 is 0 Å². The molecule has 0 bridgehead atoms. The van der Waals surface area contributed by atoms with Crippen molar-refractivity contribution in [1.82, 2.24) is 0 Å². The zero-order chi connectivity index (χ0) is 0. The summed E-state index contributed by atoms with van der Waals surface area (Å²) in [6.45, 7) is 0. The molecule has 4 heteroatoms. The predicted octanol–water partition coefficient (Wildman–Crippen LogP) is -1.19. The molecule has 0 aliphatic carbocycles. The van der Waals surface area contributed by atoms with Gasteiger partial charge in [-0.15, -0.1) is 0 Å². The van der Waals surface area contributed by atoms with Crippen molar-refractivity contribution >= 4 is 8.41 Å². The molecule has 0 unspecified atom stereocenters. The molecule has 0 aliphatic heterocycles. The molecule has 0 spiro atoms. The second kappa shape index (κ2) is 21.7. The molecule has 0 aliphatic rings. The summed E-state index contributed by atoms with van der Waals surface area (Å²) in [5.41, 5.74) is 0. The Kier molecular flexibility index (Phi) is 227. The molecule has 0 aromatic carbocycles. The van der Waals surface area contributed by atoms with Crippen LogP contribution in [0.2, 0.25) is 0 Å². The van der Waals surface area contributed by atoms with E-state index in [1.54, 1.807) is 0 Å². The molecule has 33 valence electrons. The van der Waals surface area contributed by atoms with E-state index in [1.807, 2.05) is 0 Å². The first-order valence-electron chi connectivity index (χ1n) is 0. The van der Waals surface area contributed by atoms with E-state index in [0.717, 1.165) is 0 Å². The van der Waals surface area contributed by atoms with E-state index in [9.17, 15) is 0 Å². The molecular formula is H3BCuMoNi. The van der Waals surface area contributed by atoms with Crippen LogP contribution in [0.5, 0.6) is 0 Å². The maximum Gasteiger partial charge on any atom is 0.0814 e. The Hall–Kier alpha value is 1.77. The van der Waals surface area contributed by atoms with Crippen molar-refractivity contribution in [3.05, 3.63) is 0 Å². The van der Waals surface area contributed by atoms with E-state index < -0.39 is 0 Å². The zero-order valence-electron chi connectivity index (χ0n) is 1.03. The molecule has 0 aromatic heterocycles. The van der Waals surface area contributed by atoms with Gasteiger partial charge in [-0.3, -0.25) is 0 Å². The molecule has 1 radical (unpaired) electrons. The standard InChI is InChI=1S/BH3.Cu.Mo.Ni/h1H3;;;. The molecule has 0 amide bonds. The van der Waals surface area contributed by atoms with Gasteiger partial charge in [0.2, 0.25) is 0 Å². The summed E-state index contributed by atoms with van der Waals surface area (Å²) in [5, 5.41) is 0. The Morgan fingerprint density at radius 3 is 1.00 bits per heavy atom. The van der Waals surface area contributed by atoms with Crippen molar-refractivity contribution in [2.75, 3.05) is 0 Å². The van der Waals surface area contributed by atoms with Crippen molar-refractivity contribution in [3.8, 4) is 0 Å². The molecule has 0 fully saturated rings. The largest absolute Gasteiger partial charge is 0.0814 e. The third kappa shape index (κ3) is 9.24. The molecule has 0 heterocycles. The minimum Gasteiger partial charge on any atom is 0 e. The van der Waals surface area contributed by atoms with Gasteiger partial charge < -0.3 is 0 Å². The first-order valence-corrected chi connectivity index (χ1v) is 0. The smallest absolute Gasteiger partial charge is 0 e. The van der Waals surface area contributed by atoms with Gasteiger partial charge in [0.05, 0.1) is 8.41 Å². The molecular weight excluding hydrogens is 229 g/mol. The summed E-state index contributed by atoms with van der Waals surface area (Å²) in [6, 6.07) is 0. The van der Waals surface area contributed by atoms with Crippen molar-refractivity contribution in [2.45, 2.75) is 0 Å². The van der Waals surface area contributed by atoms with Gasteiger partial charge in [0, 0.05) is 54.6 Å². The van der Waals surface area contributed by atoms with Crippen molar-refractivity contribution in [1.29, 1.82) is 0 Å². The summed E-state index contributed by atoms with van der Waals surface area (Å²) < 4.78 is 0. The van der Waals surface area contributed by atoms with Crippen LogP contribution < -0.4 is 0 Å². The van der Waals surface area contributed by atoms with E-state index in [-0.39, 0.29) is 63.0 Å². The van der Waals surface area contributed by atoms with Crippen molar-refractivity contribution < 1.29 is 54.6 Å². The van der Waals surface area contributed by atoms with Gasteiger partial charge in [-0.1, -0.05) is 0 Å². The Labute approximate surface area is 62.7 Å². The molecule has 0 aromatic rings. The average molecular weight is 232 g/mol. The number of rotatable bonds is 0. The van der Waals surface area contributed by atoms with Gasteiger partial charge >= 0.3 is 0 Å². The minimum absolute atomic E-state index is 0. The van der Waals surface area contributed by atoms with Crippen LogP contribution >= 0.6 is 0 Å². The van der Waals surface area contributed by atoms with Gasteiger partial charge in [0.25, 0.3) is 0 Å². The predicted molar refractivity (Wildman–Crippen MR) is 9.94 cm³/mol. The van der Waals surface area contributed by atoms with Gasteiger partial charge in [-0.05, 0) is 0 Å². The van der Waals surface area contributed by atoms with E-state index in [2.05, 4.69) is 0 Å². The van der Waals surface area contributed by atoms with E-state index in [4.69, 9.17) is 0 Å². The molecule has 0 atom stereocenters. The van der Waals surface area contributed by atoms with Crippen LogP contribution in [0.25, 0.3) is 0 Å². The third-order valence-corrected chi connectivity index (χ3v) is 0. The minimum atomic E-state index is 0. The molecule has 0 rings (SSSR count). The van der Waals surface area contributed by atoms with Crippen LogP contribution in [0.1, 0.15) is 0 Å². The van der Waals surface area contributed by atoms with Crippen LogP contribution in [0.3, 0.4) is 0 Å². The van der Waals surface area contributed by atoms with Crippen LogP contribution in [0.15, 0.2) is 0 Å². The second-order valence-corrected chi connectivity index (χ2v) is 0. The number of hydrogen-bond donors (Lipinski definition) is 0. The summed E-state index contributed by atoms with van der Waals surface area (Å²) in [4.78, 5) is 0. The van der Waals surface area contributed by atoms with Gasteiger partial charge in [-0.2, -0.15) is 0 Å². The Bertz CT molecular complexity index is 8.00. The Morgan fingerprint density at radius 2 is 1.00 bits per heavy atom. The monoisotopic (exact) mass is 233 g/mol. The quantitative estimate of drug-likeness (QED) is 0.461. The molecule has 4 heavy (non-hydrogen) atoms. The molecule has 0 N–H and O–H groups in total. The maximum absolute atomic E-state index is 0. The van der Waals surface area contributed by atoms with Crippen LogP contribution in [-0.4, -0.2) is 8.41 Å².